The number of furan rings is 1. The molecule has 3 aromatic rings. The van der Waals surface area contributed by atoms with Crippen LogP contribution in [0.3, 0.4) is 0 Å². The minimum absolute atomic E-state index is 0.0564. The van der Waals surface area contributed by atoms with Crippen molar-refractivity contribution in [2.45, 2.75) is 20.0 Å². The molecule has 0 bridgehead atoms. The fraction of sp³-hybridized carbons (Fsp3) is 0.160. The number of amides is 3. The summed E-state index contributed by atoms with van der Waals surface area (Å²) < 4.78 is 5.36. The summed E-state index contributed by atoms with van der Waals surface area (Å²) >= 11 is 0. The number of nitrogens with zero attached hydrogens (tertiary/aromatic N) is 2. The first-order valence-electron chi connectivity index (χ1n) is 10.2. The molecule has 32 heavy (non-hydrogen) atoms. The molecule has 7 heteroatoms. The zero-order valence-electron chi connectivity index (χ0n) is 17.9. The van der Waals surface area contributed by atoms with Gasteiger partial charge < -0.3 is 14.6 Å². The summed E-state index contributed by atoms with van der Waals surface area (Å²) in [4.78, 5) is 41.1. The van der Waals surface area contributed by atoms with Gasteiger partial charge >= 0.3 is 0 Å². The Kier molecular flexibility index (Phi) is 5.89. The smallest absolute Gasteiger partial charge is 0.278 e. The lowest BCUT2D eigenvalue weighted by Gasteiger charge is -2.21. The van der Waals surface area contributed by atoms with Gasteiger partial charge in [0.1, 0.15) is 11.5 Å². The quantitative estimate of drug-likeness (QED) is 0.580. The van der Waals surface area contributed by atoms with Gasteiger partial charge in [-0.2, -0.15) is 0 Å². The summed E-state index contributed by atoms with van der Waals surface area (Å²) in [5.41, 5.74) is 2.90. The minimum Gasteiger partial charge on any atom is -0.467 e. The van der Waals surface area contributed by atoms with Crippen LogP contribution in [0, 0.1) is 0 Å². The molecule has 1 aliphatic heterocycles. The molecular formula is C25H23N3O4. The maximum atomic E-state index is 13.4. The third-order valence-electron chi connectivity index (χ3n) is 5.18. The highest BCUT2D eigenvalue weighted by Gasteiger charge is 2.41. The van der Waals surface area contributed by atoms with Crippen molar-refractivity contribution in [1.82, 2.24) is 9.80 Å². The van der Waals surface area contributed by atoms with E-state index in [1.165, 1.54) is 18.1 Å². The molecule has 2 heterocycles. The number of anilines is 1. The number of likely N-dealkylation sites (N-methyl/N-ethyl adjacent to an activating group) is 1. The Morgan fingerprint density at radius 1 is 0.969 bits per heavy atom. The number of carbonyl (C=O) groups is 3. The Morgan fingerprint density at radius 3 is 2.31 bits per heavy atom. The van der Waals surface area contributed by atoms with E-state index >= 15 is 0 Å². The number of hydrogen-bond donors (Lipinski definition) is 1. The second-order valence-electron chi connectivity index (χ2n) is 7.60. The summed E-state index contributed by atoms with van der Waals surface area (Å²) in [5.74, 6) is -0.407. The molecule has 7 nitrogen and oxygen atoms in total. The topological polar surface area (TPSA) is 82.9 Å². The monoisotopic (exact) mass is 429 g/mol. The summed E-state index contributed by atoms with van der Waals surface area (Å²) in [5, 5.41) is 2.71. The van der Waals surface area contributed by atoms with E-state index in [4.69, 9.17) is 4.42 Å². The molecule has 0 aliphatic carbocycles. The van der Waals surface area contributed by atoms with Crippen molar-refractivity contribution < 1.29 is 18.8 Å². The highest BCUT2D eigenvalue weighted by molar-refractivity contribution is 6.35. The van der Waals surface area contributed by atoms with Crippen molar-refractivity contribution in [3.63, 3.8) is 0 Å². The molecule has 0 spiro atoms. The second-order valence-corrected chi connectivity index (χ2v) is 7.60. The SMILES string of the molecule is CC(=O)Nc1ccc(C2=C(N(C)Cc3ccccc3)C(=O)N(Cc3ccco3)C2=O)cc1. The highest BCUT2D eigenvalue weighted by Crippen LogP contribution is 2.33. The molecule has 2 aromatic carbocycles. The van der Waals surface area contributed by atoms with Gasteiger partial charge in [0.15, 0.2) is 0 Å². The van der Waals surface area contributed by atoms with E-state index < -0.39 is 0 Å². The summed E-state index contributed by atoms with van der Waals surface area (Å²) in [6.45, 7) is 1.96. The van der Waals surface area contributed by atoms with Gasteiger partial charge in [-0.15, -0.1) is 0 Å². The normalized spacial score (nSPS) is 13.6. The van der Waals surface area contributed by atoms with Gasteiger partial charge in [-0.05, 0) is 35.4 Å². The molecule has 0 saturated carbocycles. The number of rotatable bonds is 7. The van der Waals surface area contributed by atoms with Crippen LogP contribution in [0.2, 0.25) is 0 Å². The van der Waals surface area contributed by atoms with Crippen LogP contribution in [0.25, 0.3) is 5.57 Å². The van der Waals surface area contributed by atoms with Gasteiger partial charge in [0, 0.05) is 26.2 Å². The third-order valence-corrected chi connectivity index (χ3v) is 5.18. The van der Waals surface area contributed by atoms with Crippen molar-refractivity contribution in [1.29, 1.82) is 0 Å². The lowest BCUT2D eigenvalue weighted by atomic mass is 10.0. The average Bonchev–Trinajstić information content (AvgIpc) is 3.37. The molecule has 3 amide bonds. The highest BCUT2D eigenvalue weighted by atomic mass is 16.3. The first kappa shape index (κ1) is 21.1. The molecule has 1 N–H and O–H groups in total. The van der Waals surface area contributed by atoms with E-state index in [0.29, 0.717) is 34.8 Å². The molecule has 0 atom stereocenters. The van der Waals surface area contributed by atoms with Crippen molar-refractivity contribution in [2.75, 3.05) is 12.4 Å². The van der Waals surface area contributed by atoms with E-state index in [2.05, 4.69) is 5.32 Å². The first-order chi connectivity index (χ1) is 15.4. The molecule has 4 rings (SSSR count). The first-order valence-corrected chi connectivity index (χ1v) is 10.2. The molecule has 0 radical (unpaired) electrons. The Morgan fingerprint density at radius 2 is 1.69 bits per heavy atom. The van der Waals surface area contributed by atoms with Gasteiger partial charge in [-0.25, -0.2) is 0 Å². The second kappa shape index (κ2) is 8.93. The predicted octanol–water partition coefficient (Wildman–Crippen LogP) is 3.65. The lowest BCUT2D eigenvalue weighted by Crippen LogP contribution is -2.33. The Hall–Kier alpha value is -4.13. The Bertz CT molecular complexity index is 1170. The maximum Gasteiger partial charge on any atom is 0.278 e. The number of benzene rings is 2. The van der Waals surface area contributed by atoms with E-state index in [-0.39, 0.29) is 24.3 Å². The van der Waals surface area contributed by atoms with Crippen LogP contribution in [-0.4, -0.2) is 34.6 Å². The summed E-state index contributed by atoms with van der Waals surface area (Å²) in [6.07, 6.45) is 1.51. The van der Waals surface area contributed by atoms with Crippen LogP contribution in [0.1, 0.15) is 23.8 Å². The van der Waals surface area contributed by atoms with Gasteiger partial charge in [0.05, 0.1) is 18.4 Å². The van der Waals surface area contributed by atoms with Crippen LogP contribution in [0.15, 0.2) is 83.1 Å². The molecule has 0 fully saturated rings. The molecular weight excluding hydrogens is 406 g/mol. The fourth-order valence-electron chi connectivity index (χ4n) is 3.74. The van der Waals surface area contributed by atoms with E-state index in [9.17, 15) is 14.4 Å². The number of carbonyl (C=O) groups excluding carboxylic acids is 3. The largest absolute Gasteiger partial charge is 0.467 e. The van der Waals surface area contributed by atoms with Gasteiger partial charge in [-0.1, -0.05) is 42.5 Å². The predicted molar refractivity (Wildman–Crippen MR) is 120 cm³/mol. The molecule has 1 aliphatic rings. The Labute approximate surface area is 185 Å². The van der Waals surface area contributed by atoms with Gasteiger partial charge in [0.2, 0.25) is 5.91 Å². The average molecular weight is 429 g/mol. The van der Waals surface area contributed by atoms with Crippen molar-refractivity contribution in [3.05, 3.63) is 95.6 Å². The zero-order chi connectivity index (χ0) is 22.7. The number of nitrogens with one attached hydrogen (secondary N) is 1. The van der Waals surface area contributed by atoms with Crippen molar-refractivity contribution >= 4 is 29.0 Å². The van der Waals surface area contributed by atoms with Crippen LogP contribution in [0.5, 0.6) is 0 Å². The standard InChI is InChI=1S/C25H23N3O4/c1-17(29)26-20-12-10-19(11-13-20)22-23(27(2)15-18-7-4-3-5-8-18)25(31)28(24(22)30)16-21-9-6-14-32-21/h3-14H,15-16H2,1-2H3,(H,26,29). The van der Waals surface area contributed by atoms with E-state index in [1.54, 1.807) is 48.3 Å². The number of hydrogen-bond acceptors (Lipinski definition) is 5. The minimum atomic E-state index is -0.381. The van der Waals surface area contributed by atoms with E-state index in [1.807, 2.05) is 30.3 Å². The van der Waals surface area contributed by atoms with Crippen LogP contribution in [0.4, 0.5) is 5.69 Å². The van der Waals surface area contributed by atoms with Crippen molar-refractivity contribution in [3.8, 4) is 0 Å². The third kappa shape index (κ3) is 4.32. The molecule has 1 aromatic heterocycles. The maximum absolute atomic E-state index is 13.4. The van der Waals surface area contributed by atoms with Gasteiger partial charge in [-0.3, -0.25) is 19.3 Å². The van der Waals surface area contributed by atoms with Crippen LogP contribution < -0.4 is 5.32 Å². The van der Waals surface area contributed by atoms with E-state index in [0.717, 1.165) is 5.56 Å². The molecule has 0 unspecified atom stereocenters. The number of imide groups is 1. The molecule has 162 valence electrons. The molecule has 0 saturated heterocycles. The Balaban J connectivity index is 1.71. The van der Waals surface area contributed by atoms with Crippen LogP contribution >= 0.6 is 0 Å². The van der Waals surface area contributed by atoms with Gasteiger partial charge in [0.25, 0.3) is 11.8 Å². The summed E-state index contributed by atoms with van der Waals surface area (Å²) in [7, 11) is 1.80. The zero-order valence-corrected chi connectivity index (χ0v) is 17.9. The van der Waals surface area contributed by atoms with Crippen molar-refractivity contribution in [2.24, 2.45) is 0 Å². The fourth-order valence-corrected chi connectivity index (χ4v) is 3.74. The van der Waals surface area contributed by atoms with Crippen LogP contribution in [-0.2, 0) is 27.5 Å². The lowest BCUT2D eigenvalue weighted by molar-refractivity contribution is -0.138. The summed E-state index contributed by atoms with van der Waals surface area (Å²) in [6, 6.07) is 20.1.